The summed E-state index contributed by atoms with van der Waals surface area (Å²) >= 11 is 0. The number of aryl methyl sites for hydroxylation is 1. The Labute approximate surface area is 150 Å². The molecule has 7 heteroatoms. The zero-order chi connectivity index (χ0) is 17.8. The first-order valence-corrected chi connectivity index (χ1v) is 9.57. The van der Waals surface area contributed by atoms with Gasteiger partial charge in [-0.05, 0) is 26.7 Å². The topological polar surface area (TPSA) is 65.7 Å². The van der Waals surface area contributed by atoms with Crippen LogP contribution < -0.4 is 0 Å². The normalized spacial score (nSPS) is 22.0. The molecule has 1 aliphatic carbocycles. The Morgan fingerprint density at radius 1 is 1.24 bits per heavy atom. The third-order valence-corrected chi connectivity index (χ3v) is 5.73. The minimum Gasteiger partial charge on any atom is -0.342 e. The van der Waals surface area contributed by atoms with E-state index in [1.165, 1.54) is 19.3 Å². The van der Waals surface area contributed by atoms with Crippen molar-refractivity contribution in [2.45, 2.75) is 58.0 Å². The monoisotopic (exact) mass is 349 g/mol. The highest BCUT2D eigenvalue weighted by Gasteiger charge is 2.28. The molecule has 140 valence electrons. The van der Waals surface area contributed by atoms with Crippen molar-refractivity contribution in [3.63, 3.8) is 0 Å². The van der Waals surface area contributed by atoms with E-state index in [-0.39, 0.29) is 11.9 Å². The molecule has 1 amide bonds. The molecule has 0 spiro atoms. The van der Waals surface area contributed by atoms with Gasteiger partial charge in [0, 0.05) is 39.3 Å². The van der Waals surface area contributed by atoms with E-state index in [1.54, 1.807) is 0 Å². The fourth-order valence-electron chi connectivity index (χ4n) is 3.92. The summed E-state index contributed by atoms with van der Waals surface area (Å²) in [6.07, 6.45) is 6.16. The van der Waals surface area contributed by atoms with E-state index in [1.807, 2.05) is 18.9 Å². The molecular formula is C18H31N5O2. The van der Waals surface area contributed by atoms with Crippen LogP contribution in [-0.2, 0) is 4.79 Å². The van der Waals surface area contributed by atoms with Crippen LogP contribution in [0, 0.1) is 6.92 Å². The third-order valence-electron chi connectivity index (χ3n) is 5.73. The van der Waals surface area contributed by atoms with E-state index >= 15 is 0 Å². The Balaban J connectivity index is 1.44. The van der Waals surface area contributed by atoms with Crippen LogP contribution in [0.5, 0.6) is 0 Å². The van der Waals surface area contributed by atoms with Crippen LogP contribution in [0.3, 0.4) is 0 Å². The number of nitrogens with zero attached hydrogens (tertiary/aromatic N) is 5. The van der Waals surface area contributed by atoms with Crippen LogP contribution in [0.1, 0.15) is 56.8 Å². The summed E-state index contributed by atoms with van der Waals surface area (Å²) in [7, 11) is 1.98. The first-order valence-electron chi connectivity index (χ1n) is 9.57. The first-order chi connectivity index (χ1) is 12.0. The van der Waals surface area contributed by atoms with Gasteiger partial charge in [-0.3, -0.25) is 14.6 Å². The highest BCUT2D eigenvalue weighted by atomic mass is 16.5. The number of piperazine rings is 1. The van der Waals surface area contributed by atoms with Crippen LogP contribution in [-0.4, -0.2) is 76.6 Å². The molecule has 0 radical (unpaired) electrons. The second-order valence-corrected chi connectivity index (χ2v) is 7.46. The Morgan fingerprint density at radius 2 is 1.92 bits per heavy atom. The average Bonchev–Trinajstić information content (AvgIpc) is 3.08. The van der Waals surface area contributed by atoms with Crippen LogP contribution in [0.2, 0.25) is 0 Å². The molecule has 1 saturated heterocycles. The largest absolute Gasteiger partial charge is 0.342 e. The maximum Gasteiger partial charge on any atom is 0.243 e. The van der Waals surface area contributed by atoms with Crippen LogP contribution in [0.15, 0.2) is 4.52 Å². The Morgan fingerprint density at radius 3 is 2.52 bits per heavy atom. The van der Waals surface area contributed by atoms with Gasteiger partial charge in [-0.2, -0.15) is 4.98 Å². The second kappa shape index (κ2) is 8.27. The molecule has 0 aromatic carbocycles. The Hall–Kier alpha value is -1.47. The molecule has 0 bridgehead atoms. The van der Waals surface area contributed by atoms with Crippen LogP contribution in [0.25, 0.3) is 0 Å². The lowest BCUT2D eigenvalue weighted by atomic mass is 9.94. The number of hydrogen-bond donors (Lipinski definition) is 0. The predicted octanol–water partition coefficient (Wildman–Crippen LogP) is 1.85. The van der Waals surface area contributed by atoms with Crippen molar-refractivity contribution < 1.29 is 9.32 Å². The molecule has 1 saturated carbocycles. The lowest BCUT2D eigenvalue weighted by Crippen LogP contribution is -2.51. The number of carbonyl (C=O) groups excluding carboxylic acids is 1. The third kappa shape index (κ3) is 4.58. The molecule has 2 heterocycles. The summed E-state index contributed by atoms with van der Waals surface area (Å²) in [6, 6.07) is 0.576. The number of carbonyl (C=O) groups is 1. The fraction of sp³-hybridized carbons (Fsp3) is 0.833. The van der Waals surface area contributed by atoms with E-state index in [9.17, 15) is 4.79 Å². The Kier molecular flexibility index (Phi) is 6.06. The van der Waals surface area contributed by atoms with Crippen molar-refractivity contribution in [1.82, 2.24) is 24.8 Å². The molecule has 7 nitrogen and oxygen atoms in total. The highest BCUT2D eigenvalue weighted by molar-refractivity contribution is 5.78. The smallest absolute Gasteiger partial charge is 0.243 e. The molecule has 3 rings (SSSR count). The van der Waals surface area contributed by atoms with Gasteiger partial charge in [0.2, 0.25) is 11.8 Å². The van der Waals surface area contributed by atoms with E-state index in [2.05, 4.69) is 26.9 Å². The van der Waals surface area contributed by atoms with Gasteiger partial charge in [0.25, 0.3) is 0 Å². The summed E-state index contributed by atoms with van der Waals surface area (Å²) in [5, 5.41) is 3.88. The number of hydrogen-bond acceptors (Lipinski definition) is 6. The Bertz CT molecular complexity index is 562. The second-order valence-electron chi connectivity index (χ2n) is 7.46. The van der Waals surface area contributed by atoms with Crippen molar-refractivity contribution in [3.8, 4) is 0 Å². The van der Waals surface area contributed by atoms with E-state index in [4.69, 9.17) is 4.52 Å². The van der Waals surface area contributed by atoms with Gasteiger partial charge in [0.1, 0.15) is 0 Å². The van der Waals surface area contributed by atoms with Crippen LogP contribution in [0.4, 0.5) is 0 Å². The molecule has 2 aliphatic rings. The molecule has 1 aromatic heterocycles. The maximum absolute atomic E-state index is 12.6. The summed E-state index contributed by atoms with van der Waals surface area (Å²) < 4.78 is 5.29. The van der Waals surface area contributed by atoms with Gasteiger partial charge >= 0.3 is 0 Å². The van der Waals surface area contributed by atoms with Crippen molar-refractivity contribution in [1.29, 1.82) is 0 Å². The fourth-order valence-corrected chi connectivity index (χ4v) is 3.92. The summed E-state index contributed by atoms with van der Waals surface area (Å²) in [6.45, 7) is 8.13. The molecule has 1 aromatic rings. The molecular weight excluding hydrogens is 318 g/mol. The van der Waals surface area contributed by atoms with E-state index in [0.29, 0.717) is 24.3 Å². The molecule has 0 unspecified atom stereocenters. The summed E-state index contributed by atoms with van der Waals surface area (Å²) in [4.78, 5) is 23.5. The van der Waals surface area contributed by atoms with Gasteiger partial charge in [0.05, 0.1) is 12.6 Å². The number of aromatic nitrogens is 2. The summed E-state index contributed by atoms with van der Waals surface area (Å²) in [5.74, 6) is 1.62. The minimum absolute atomic E-state index is 0.129. The van der Waals surface area contributed by atoms with Crippen molar-refractivity contribution in [2.75, 3.05) is 39.8 Å². The van der Waals surface area contributed by atoms with E-state index in [0.717, 1.165) is 39.0 Å². The zero-order valence-corrected chi connectivity index (χ0v) is 15.8. The van der Waals surface area contributed by atoms with Crippen molar-refractivity contribution >= 4 is 5.91 Å². The lowest BCUT2D eigenvalue weighted by Gasteiger charge is -2.38. The van der Waals surface area contributed by atoms with Gasteiger partial charge in [-0.25, -0.2) is 0 Å². The first kappa shape index (κ1) is 18.3. The lowest BCUT2D eigenvalue weighted by molar-refractivity contribution is -0.134. The van der Waals surface area contributed by atoms with E-state index < -0.39 is 0 Å². The van der Waals surface area contributed by atoms with Crippen molar-refractivity contribution in [2.24, 2.45) is 0 Å². The van der Waals surface area contributed by atoms with Crippen LogP contribution >= 0.6 is 0 Å². The maximum atomic E-state index is 12.6. The quantitative estimate of drug-likeness (QED) is 0.808. The average molecular weight is 349 g/mol. The van der Waals surface area contributed by atoms with Gasteiger partial charge in [-0.15, -0.1) is 0 Å². The molecule has 1 atom stereocenters. The SMILES string of the molecule is Cc1noc([C@@H](C)N2CCN(CC(=O)N(C)C3CCCCC3)CC2)n1. The molecule has 1 aliphatic heterocycles. The summed E-state index contributed by atoms with van der Waals surface area (Å²) in [5.41, 5.74) is 0. The zero-order valence-electron chi connectivity index (χ0n) is 15.8. The predicted molar refractivity (Wildman–Crippen MR) is 95.1 cm³/mol. The standard InChI is InChI=1S/C18H31N5O2/c1-14(18-19-15(2)20-25-18)23-11-9-22(10-12-23)13-17(24)21(3)16-7-5-4-6-8-16/h14,16H,4-13H2,1-3H3/t14-/m1/s1. The number of amides is 1. The van der Waals surface area contributed by atoms with Gasteiger partial charge in [0.15, 0.2) is 5.82 Å². The number of rotatable bonds is 5. The van der Waals surface area contributed by atoms with Crippen molar-refractivity contribution in [3.05, 3.63) is 11.7 Å². The van der Waals surface area contributed by atoms with Gasteiger partial charge in [-0.1, -0.05) is 24.4 Å². The van der Waals surface area contributed by atoms with Gasteiger partial charge < -0.3 is 9.42 Å². The highest BCUT2D eigenvalue weighted by Crippen LogP contribution is 2.22. The molecule has 25 heavy (non-hydrogen) atoms. The molecule has 0 N–H and O–H groups in total. The minimum atomic E-state index is 0.129. The number of likely N-dealkylation sites (N-methyl/N-ethyl adjacent to an activating group) is 1. The molecule has 2 fully saturated rings.